The molecule has 0 aliphatic carbocycles. The first kappa shape index (κ1) is 12.5. The molecule has 2 aromatic rings. The summed E-state index contributed by atoms with van der Waals surface area (Å²) >= 11 is 0. The lowest BCUT2D eigenvalue weighted by Crippen LogP contribution is -2.44. The van der Waals surface area contributed by atoms with Crippen LogP contribution in [0.4, 0.5) is 0 Å². The molecule has 1 aromatic carbocycles. The molecule has 3 aliphatic heterocycles. The van der Waals surface area contributed by atoms with Crippen LogP contribution in [-0.2, 0) is 6.42 Å². The minimum absolute atomic E-state index is 0.370. The van der Waals surface area contributed by atoms with Gasteiger partial charge in [-0.3, -0.25) is 4.90 Å². The number of rotatable bonds is 1. The van der Waals surface area contributed by atoms with Crippen molar-refractivity contribution in [2.75, 3.05) is 13.1 Å². The van der Waals surface area contributed by atoms with Gasteiger partial charge in [-0.15, -0.1) is 0 Å². The Hall–Kier alpha value is -2.07. The van der Waals surface area contributed by atoms with Crippen LogP contribution in [0.25, 0.3) is 17.1 Å². The van der Waals surface area contributed by atoms with Crippen LogP contribution in [0.2, 0.25) is 0 Å². The molecular weight excluding hydrogens is 276 g/mol. The van der Waals surface area contributed by atoms with Crippen molar-refractivity contribution in [1.82, 2.24) is 9.47 Å². The lowest BCUT2D eigenvalue weighted by Gasteiger charge is -2.45. The third-order valence-corrected chi connectivity index (χ3v) is 5.59. The van der Waals surface area contributed by atoms with Gasteiger partial charge >= 0.3 is 5.97 Å². The number of piperidine rings is 1. The van der Waals surface area contributed by atoms with E-state index in [4.69, 9.17) is 0 Å². The van der Waals surface area contributed by atoms with Crippen molar-refractivity contribution in [3.8, 4) is 0 Å². The monoisotopic (exact) mass is 294 g/mol. The van der Waals surface area contributed by atoms with E-state index in [1.165, 1.54) is 36.0 Å². The molecule has 0 saturated carbocycles. The van der Waals surface area contributed by atoms with E-state index in [1.807, 2.05) is 12.1 Å². The Bertz CT molecular complexity index is 833. The summed E-state index contributed by atoms with van der Waals surface area (Å²) in [6.07, 6.45) is 8.11. The number of hydrogen-bond acceptors (Lipinski definition) is 2. The van der Waals surface area contributed by atoms with Gasteiger partial charge < -0.3 is 9.67 Å². The molecule has 1 fully saturated rings. The zero-order valence-corrected chi connectivity index (χ0v) is 12.3. The van der Waals surface area contributed by atoms with Crippen molar-refractivity contribution in [3.63, 3.8) is 0 Å². The average Bonchev–Trinajstić information content (AvgIpc) is 2.87. The van der Waals surface area contributed by atoms with Crippen molar-refractivity contribution in [2.45, 2.75) is 25.3 Å². The average molecular weight is 294 g/mol. The first-order chi connectivity index (χ1) is 10.7. The molecule has 1 N–H and O–H groups in total. The first-order valence-corrected chi connectivity index (χ1v) is 8.06. The van der Waals surface area contributed by atoms with Crippen LogP contribution in [0, 0.1) is 5.92 Å². The molecule has 4 nitrogen and oxygen atoms in total. The normalized spacial score (nSPS) is 26.2. The van der Waals surface area contributed by atoms with E-state index in [0.29, 0.717) is 17.5 Å². The van der Waals surface area contributed by atoms with Gasteiger partial charge in [0.15, 0.2) is 0 Å². The summed E-state index contributed by atoms with van der Waals surface area (Å²) in [5.74, 6) is -0.241. The number of aromatic nitrogens is 1. The van der Waals surface area contributed by atoms with Crippen LogP contribution < -0.4 is 0 Å². The highest BCUT2D eigenvalue weighted by molar-refractivity contribution is 5.96. The molecule has 1 aromatic heterocycles. The molecule has 0 unspecified atom stereocenters. The summed E-state index contributed by atoms with van der Waals surface area (Å²) in [5, 5.41) is 10.5. The Morgan fingerprint density at radius 3 is 3.05 bits per heavy atom. The van der Waals surface area contributed by atoms with Gasteiger partial charge in [-0.1, -0.05) is 12.1 Å². The first-order valence-electron chi connectivity index (χ1n) is 8.06. The molecule has 2 atom stereocenters. The maximum Gasteiger partial charge on any atom is 0.335 e. The van der Waals surface area contributed by atoms with Gasteiger partial charge in [0, 0.05) is 23.8 Å². The zero-order chi connectivity index (χ0) is 14.8. The van der Waals surface area contributed by atoms with Crippen molar-refractivity contribution in [3.05, 3.63) is 41.1 Å². The maximum atomic E-state index is 11.3. The molecule has 0 amide bonds. The van der Waals surface area contributed by atoms with Crippen LogP contribution in [0.3, 0.4) is 0 Å². The Labute approximate surface area is 128 Å². The van der Waals surface area contributed by atoms with Gasteiger partial charge in [0.05, 0.1) is 17.1 Å². The van der Waals surface area contributed by atoms with Crippen molar-refractivity contribution >= 4 is 23.1 Å². The number of carboxylic acids is 1. The number of hydrogen-bond donors (Lipinski definition) is 1. The molecule has 3 aliphatic rings. The van der Waals surface area contributed by atoms with E-state index in [9.17, 15) is 9.90 Å². The predicted octanol–water partition coefficient (Wildman–Crippen LogP) is 3.13. The fourth-order valence-corrected chi connectivity index (χ4v) is 4.65. The SMILES string of the molecule is O=C(O)c1ccc2c3c4n(c2c1)C=C[C@H]1CCCN(CC3)[C@@H]41. The number of carboxylic acid groups (broad SMARTS) is 1. The van der Waals surface area contributed by atoms with Gasteiger partial charge in [0.25, 0.3) is 0 Å². The summed E-state index contributed by atoms with van der Waals surface area (Å²) in [4.78, 5) is 13.9. The van der Waals surface area contributed by atoms with E-state index in [1.54, 1.807) is 6.07 Å². The smallest absolute Gasteiger partial charge is 0.335 e. The summed E-state index contributed by atoms with van der Waals surface area (Å²) in [5.41, 5.74) is 4.27. The Balaban J connectivity index is 1.81. The fourth-order valence-electron chi connectivity index (χ4n) is 4.65. The van der Waals surface area contributed by atoms with Crippen molar-refractivity contribution < 1.29 is 9.90 Å². The minimum Gasteiger partial charge on any atom is -0.478 e. The molecule has 4 heterocycles. The summed E-state index contributed by atoms with van der Waals surface area (Å²) in [6, 6.07) is 6.05. The number of carbonyl (C=O) groups is 1. The van der Waals surface area contributed by atoms with Gasteiger partial charge in [-0.2, -0.15) is 0 Å². The quantitative estimate of drug-likeness (QED) is 0.879. The van der Waals surface area contributed by atoms with Crippen molar-refractivity contribution in [1.29, 1.82) is 0 Å². The highest BCUT2D eigenvalue weighted by Gasteiger charge is 2.40. The van der Waals surface area contributed by atoms with E-state index in [-0.39, 0.29) is 0 Å². The molecule has 112 valence electrons. The van der Waals surface area contributed by atoms with E-state index in [2.05, 4.69) is 21.7 Å². The minimum atomic E-state index is -0.856. The Kier molecular flexibility index (Phi) is 2.40. The van der Waals surface area contributed by atoms with Gasteiger partial charge in [-0.05, 0) is 49.4 Å². The predicted molar refractivity (Wildman–Crippen MR) is 85.0 cm³/mol. The van der Waals surface area contributed by atoms with Crippen molar-refractivity contribution in [2.24, 2.45) is 5.92 Å². The standard InChI is InChI=1S/C18H18N2O2/c21-18(22)12-3-4-13-14-6-8-19-7-1-2-11-5-9-20(15(13)10-12)17(14)16(11)19/h3-5,9-11,16H,1-2,6-8H2,(H,21,22)/t11-,16-/m1/s1. The Morgan fingerprint density at radius 2 is 2.18 bits per heavy atom. The summed E-state index contributed by atoms with van der Waals surface area (Å²) in [6.45, 7) is 2.32. The summed E-state index contributed by atoms with van der Waals surface area (Å²) < 4.78 is 2.25. The number of benzene rings is 1. The van der Waals surface area contributed by atoms with Crippen LogP contribution in [0.5, 0.6) is 0 Å². The third-order valence-electron chi connectivity index (χ3n) is 5.59. The molecular formula is C18H18N2O2. The zero-order valence-electron chi connectivity index (χ0n) is 12.3. The highest BCUT2D eigenvalue weighted by Crippen LogP contribution is 2.47. The van der Waals surface area contributed by atoms with Gasteiger partial charge in [0.2, 0.25) is 0 Å². The molecule has 4 heteroatoms. The second-order valence-electron chi connectivity index (χ2n) is 6.65. The van der Waals surface area contributed by atoms with Gasteiger partial charge in [-0.25, -0.2) is 4.79 Å². The maximum absolute atomic E-state index is 11.3. The van der Waals surface area contributed by atoms with Crippen LogP contribution in [0.1, 0.15) is 40.5 Å². The van der Waals surface area contributed by atoms with E-state index in [0.717, 1.165) is 18.5 Å². The third kappa shape index (κ3) is 1.48. The number of fused-ring (bicyclic) bond motifs is 3. The van der Waals surface area contributed by atoms with E-state index >= 15 is 0 Å². The largest absolute Gasteiger partial charge is 0.478 e. The number of aromatic carboxylic acids is 1. The Morgan fingerprint density at radius 1 is 1.27 bits per heavy atom. The summed E-state index contributed by atoms with van der Waals surface area (Å²) in [7, 11) is 0. The molecule has 5 rings (SSSR count). The lowest BCUT2D eigenvalue weighted by atomic mass is 9.81. The lowest BCUT2D eigenvalue weighted by molar-refractivity contribution is 0.0697. The molecule has 0 spiro atoms. The second-order valence-corrected chi connectivity index (χ2v) is 6.65. The molecule has 0 radical (unpaired) electrons. The topological polar surface area (TPSA) is 45.5 Å². The molecule has 1 saturated heterocycles. The highest BCUT2D eigenvalue weighted by atomic mass is 16.4. The van der Waals surface area contributed by atoms with Gasteiger partial charge in [0.1, 0.15) is 0 Å². The fraction of sp³-hybridized carbons (Fsp3) is 0.389. The van der Waals surface area contributed by atoms with Crippen LogP contribution in [-0.4, -0.2) is 33.6 Å². The van der Waals surface area contributed by atoms with E-state index < -0.39 is 5.97 Å². The number of nitrogens with zero attached hydrogens (tertiary/aromatic N) is 2. The molecule has 0 bridgehead atoms. The molecule has 22 heavy (non-hydrogen) atoms. The second kappa shape index (κ2) is 4.23. The van der Waals surface area contributed by atoms with Crippen LogP contribution >= 0.6 is 0 Å². The van der Waals surface area contributed by atoms with Crippen LogP contribution in [0.15, 0.2) is 24.3 Å².